The molecule has 0 aromatic heterocycles. The summed E-state index contributed by atoms with van der Waals surface area (Å²) in [7, 11) is -4.50. The van der Waals surface area contributed by atoms with E-state index in [1.807, 2.05) is 0 Å². The summed E-state index contributed by atoms with van der Waals surface area (Å²) in [6.45, 7) is 2.43. The molecule has 0 saturated carbocycles. The number of alkyl halides is 3. The number of amides is 2. The zero-order valence-corrected chi connectivity index (χ0v) is 25.0. The molecule has 0 heterocycles. The third-order valence-corrected chi connectivity index (χ3v) is 8.48. The SMILES string of the molecule is C/C(=N/NC(=O)CN(c1ccc(Cl)c(C(F)(F)F)c1)S(=O)(=O)c1ccc(C)cc1)c1cccc(NC(=O)c2ccccc2)c1. The van der Waals surface area contributed by atoms with Gasteiger partial charge in [0.25, 0.3) is 21.8 Å². The molecule has 228 valence electrons. The maximum Gasteiger partial charge on any atom is 0.417 e. The van der Waals surface area contributed by atoms with Crippen LogP contribution in [0.1, 0.15) is 34.0 Å². The van der Waals surface area contributed by atoms with Crippen molar-refractivity contribution in [1.29, 1.82) is 0 Å². The molecule has 2 N–H and O–H groups in total. The molecule has 4 rings (SSSR count). The van der Waals surface area contributed by atoms with Crippen LogP contribution in [0, 0.1) is 6.92 Å². The second kappa shape index (κ2) is 13.3. The first-order chi connectivity index (χ1) is 20.8. The molecule has 0 spiro atoms. The highest BCUT2D eigenvalue weighted by molar-refractivity contribution is 7.92. The molecule has 0 bridgehead atoms. The minimum atomic E-state index is -4.87. The van der Waals surface area contributed by atoms with E-state index in [-0.39, 0.29) is 10.8 Å². The van der Waals surface area contributed by atoms with Gasteiger partial charge in [0.15, 0.2) is 0 Å². The number of hydrogen-bond acceptors (Lipinski definition) is 5. The molecule has 0 fully saturated rings. The molecule has 0 aliphatic rings. The lowest BCUT2D eigenvalue weighted by Crippen LogP contribution is -2.40. The second-order valence-electron chi connectivity index (χ2n) is 9.62. The highest BCUT2D eigenvalue weighted by Crippen LogP contribution is 2.38. The predicted molar refractivity (Wildman–Crippen MR) is 163 cm³/mol. The Kier molecular flexibility index (Phi) is 9.75. The number of carbonyl (C=O) groups is 2. The van der Waals surface area contributed by atoms with Gasteiger partial charge in [-0.05, 0) is 74.0 Å². The molecule has 13 heteroatoms. The molecule has 0 radical (unpaired) electrons. The fraction of sp³-hybridized carbons (Fsp3) is 0.129. The van der Waals surface area contributed by atoms with E-state index in [4.69, 9.17) is 11.6 Å². The zero-order chi connectivity index (χ0) is 32.1. The Morgan fingerprint density at radius 3 is 2.20 bits per heavy atom. The highest BCUT2D eigenvalue weighted by atomic mass is 35.5. The first kappa shape index (κ1) is 32.2. The van der Waals surface area contributed by atoms with E-state index in [1.54, 1.807) is 68.4 Å². The van der Waals surface area contributed by atoms with Gasteiger partial charge in [-0.3, -0.25) is 13.9 Å². The van der Waals surface area contributed by atoms with Crippen LogP contribution in [0.4, 0.5) is 24.5 Å². The van der Waals surface area contributed by atoms with E-state index in [9.17, 15) is 31.2 Å². The number of carbonyl (C=O) groups excluding carboxylic acids is 2. The number of benzene rings is 4. The van der Waals surface area contributed by atoms with Crippen LogP contribution in [0.2, 0.25) is 5.02 Å². The first-order valence-electron chi connectivity index (χ1n) is 13.0. The summed E-state index contributed by atoms with van der Waals surface area (Å²) in [6.07, 6.45) is -4.87. The van der Waals surface area contributed by atoms with Gasteiger partial charge >= 0.3 is 6.18 Å². The van der Waals surface area contributed by atoms with Gasteiger partial charge in [0.2, 0.25) is 0 Å². The largest absolute Gasteiger partial charge is 0.417 e. The normalized spacial score (nSPS) is 12.0. The van der Waals surface area contributed by atoms with Crippen LogP contribution < -0.4 is 15.0 Å². The quantitative estimate of drug-likeness (QED) is 0.157. The van der Waals surface area contributed by atoms with Crippen molar-refractivity contribution in [1.82, 2.24) is 5.43 Å². The van der Waals surface area contributed by atoms with E-state index < -0.39 is 44.9 Å². The van der Waals surface area contributed by atoms with Crippen LogP contribution in [0.5, 0.6) is 0 Å². The summed E-state index contributed by atoms with van der Waals surface area (Å²) in [5.41, 5.74) is 3.13. The third kappa shape index (κ3) is 7.82. The lowest BCUT2D eigenvalue weighted by Gasteiger charge is -2.25. The average Bonchev–Trinajstić information content (AvgIpc) is 2.99. The number of halogens is 4. The van der Waals surface area contributed by atoms with Crippen LogP contribution in [-0.4, -0.2) is 32.5 Å². The van der Waals surface area contributed by atoms with Crippen molar-refractivity contribution < 1.29 is 31.2 Å². The molecule has 8 nitrogen and oxygen atoms in total. The summed E-state index contributed by atoms with van der Waals surface area (Å²) < 4.78 is 68.5. The Balaban J connectivity index is 1.58. The zero-order valence-electron chi connectivity index (χ0n) is 23.4. The Bertz CT molecular complexity index is 1810. The van der Waals surface area contributed by atoms with Crippen molar-refractivity contribution in [2.75, 3.05) is 16.2 Å². The van der Waals surface area contributed by atoms with E-state index in [2.05, 4.69) is 15.8 Å². The number of rotatable bonds is 9. The lowest BCUT2D eigenvalue weighted by atomic mass is 10.1. The summed E-state index contributed by atoms with van der Waals surface area (Å²) >= 11 is 5.74. The van der Waals surface area contributed by atoms with Crippen molar-refractivity contribution in [3.63, 3.8) is 0 Å². The average molecular weight is 643 g/mol. The number of nitrogens with one attached hydrogen (secondary N) is 2. The van der Waals surface area contributed by atoms with Gasteiger partial charge in [-0.2, -0.15) is 18.3 Å². The van der Waals surface area contributed by atoms with E-state index in [0.717, 1.165) is 17.7 Å². The summed E-state index contributed by atoms with van der Waals surface area (Å²) in [5, 5.41) is 6.19. The van der Waals surface area contributed by atoms with Crippen molar-refractivity contribution in [3.05, 3.63) is 124 Å². The molecule has 4 aromatic carbocycles. The van der Waals surface area contributed by atoms with Crippen LogP contribution >= 0.6 is 11.6 Å². The van der Waals surface area contributed by atoms with Gasteiger partial charge in [-0.25, -0.2) is 13.8 Å². The molecule has 0 aliphatic heterocycles. The standard InChI is InChI=1S/C31H26ClF3N4O4S/c1-20-11-14-26(15-12-20)44(42,43)39(25-13-16-28(32)27(18-25)31(33,34)35)19-29(40)38-37-21(2)23-9-6-10-24(17-23)36-30(41)22-7-4-3-5-8-22/h3-18H,19H2,1-2H3,(H,36,41)(H,38,40)/b37-21-. The summed E-state index contributed by atoms with van der Waals surface area (Å²) in [5.74, 6) is -1.24. The molecule has 44 heavy (non-hydrogen) atoms. The monoisotopic (exact) mass is 642 g/mol. The van der Waals surface area contributed by atoms with Gasteiger partial charge in [-0.1, -0.05) is 59.6 Å². The van der Waals surface area contributed by atoms with Crippen molar-refractivity contribution in [2.24, 2.45) is 5.10 Å². The fourth-order valence-corrected chi connectivity index (χ4v) is 5.67. The van der Waals surface area contributed by atoms with Crippen molar-refractivity contribution >= 4 is 50.5 Å². The van der Waals surface area contributed by atoms with Gasteiger partial charge in [0.1, 0.15) is 6.54 Å². The van der Waals surface area contributed by atoms with Crippen LogP contribution in [0.15, 0.2) is 107 Å². The van der Waals surface area contributed by atoms with Gasteiger partial charge in [0, 0.05) is 11.3 Å². The predicted octanol–water partition coefficient (Wildman–Crippen LogP) is 6.66. The maximum atomic E-state index is 13.6. The van der Waals surface area contributed by atoms with E-state index in [0.29, 0.717) is 32.9 Å². The van der Waals surface area contributed by atoms with E-state index >= 15 is 0 Å². The molecular formula is C31H26ClF3N4O4S. The Labute approximate surface area is 257 Å². The Morgan fingerprint density at radius 2 is 1.55 bits per heavy atom. The smallest absolute Gasteiger partial charge is 0.322 e. The number of anilines is 2. The Morgan fingerprint density at radius 1 is 0.886 bits per heavy atom. The number of aryl methyl sites for hydroxylation is 1. The molecule has 0 aliphatic carbocycles. The van der Waals surface area contributed by atoms with Crippen molar-refractivity contribution in [2.45, 2.75) is 24.9 Å². The van der Waals surface area contributed by atoms with Crippen molar-refractivity contribution in [3.8, 4) is 0 Å². The molecule has 0 unspecified atom stereocenters. The van der Waals surface area contributed by atoms with Crippen LogP contribution in [0.25, 0.3) is 0 Å². The minimum absolute atomic E-state index is 0.228. The fourth-order valence-electron chi connectivity index (χ4n) is 4.03. The summed E-state index contributed by atoms with van der Waals surface area (Å²) in [4.78, 5) is 25.3. The molecule has 2 amide bonds. The maximum absolute atomic E-state index is 13.6. The number of sulfonamides is 1. The van der Waals surface area contributed by atoms with E-state index in [1.165, 1.54) is 24.3 Å². The number of hydrogen-bond donors (Lipinski definition) is 2. The molecule has 0 atom stereocenters. The Hall–Kier alpha value is -4.68. The summed E-state index contributed by atoms with van der Waals surface area (Å²) in [6, 6.07) is 23.5. The third-order valence-electron chi connectivity index (χ3n) is 6.36. The molecule has 4 aromatic rings. The minimum Gasteiger partial charge on any atom is -0.322 e. The highest BCUT2D eigenvalue weighted by Gasteiger charge is 2.35. The second-order valence-corrected chi connectivity index (χ2v) is 11.9. The van der Waals surface area contributed by atoms with Gasteiger partial charge in [-0.15, -0.1) is 0 Å². The molecular weight excluding hydrogens is 617 g/mol. The topological polar surface area (TPSA) is 108 Å². The van der Waals surface area contributed by atoms with Gasteiger partial charge < -0.3 is 5.32 Å². The number of nitrogens with zero attached hydrogens (tertiary/aromatic N) is 2. The molecule has 0 saturated heterocycles. The first-order valence-corrected chi connectivity index (χ1v) is 14.8. The van der Waals surface area contributed by atoms with Gasteiger partial charge in [0.05, 0.1) is 26.9 Å². The number of hydrazone groups is 1. The lowest BCUT2D eigenvalue weighted by molar-refractivity contribution is -0.137. The van der Waals surface area contributed by atoms with Crippen LogP contribution in [-0.2, 0) is 21.0 Å². The van der Waals surface area contributed by atoms with Crippen LogP contribution in [0.3, 0.4) is 0 Å².